The first-order chi connectivity index (χ1) is 11.2. The average molecular weight is 332 g/mol. The summed E-state index contributed by atoms with van der Waals surface area (Å²) in [7, 11) is 0. The molecule has 0 aromatic carbocycles. The van der Waals surface area contributed by atoms with E-state index in [1.54, 1.807) is 18.5 Å². The molecule has 1 atom stereocenters. The van der Waals surface area contributed by atoms with E-state index in [1.165, 1.54) is 12.4 Å². The minimum atomic E-state index is -0.145. The SMILES string of the molecule is O=C(NC[C@@H]1CCCN(c2ncccn2)C1)c1cncc(Cl)c1. The van der Waals surface area contributed by atoms with Gasteiger partial charge in [-0.2, -0.15) is 0 Å². The summed E-state index contributed by atoms with van der Waals surface area (Å²) in [6.45, 7) is 2.42. The maximum absolute atomic E-state index is 12.1. The Balaban J connectivity index is 1.55. The van der Waals surface area contributed by atoms with Crippen LogP contribution < -0.4 is 10.2 Å². The Labute approximate surface area is 139 Å². The molecule has 2 aromatic rings. The molecule has 1 saturated heterocycles. The van der Waals surface area contributed by atoms with E-state index in [9.17, 15) is 4.79 Å². The fourth-order valence-electron chi connectivity index (χ4n) is 2.74. The molecule has 0 radical (unpaired) electrons. The maximum Gasteiger partial charge on any atom is 0.252 e. The van der Waals surface area contributed by atoms with Crippen molar-refractivity contribution < 1.29 is 4.79 Å². The topological polar surface area (TPSA) is 71.0 Å². The van der Waals surface area contributed by atoms with Gasteiger partial charge in [-0.3, -0.25) is 9.78 Å². The molecule has 1 amide bonds. The summed E-state index contributed by atoms with van der Waals surface area (Å²) in [5, 5.41) is 3.42. The summed E-state index contributed by atoms with van der Waals surface area (Å²) < 4.78 is 0. The molecule has 1 aliphatic heterocycles. The molecular weight excluding hydrogens is 314 g/mol. The summed E-state index contributed by atoms with van der Waals surface area (Å²) in [6, 6.07) is 3.43. The number of nitrogens with one attached hydrogen (secondary N) is 1. The Morgan fingerprint density at radius 2 is 2.17 bits per heavy atom. The Hall–Kier alpha value is -2.21. The normalized spacial score (nSPS) is 17.8. The average Bonchev–Trinajstić information content (AvgIpc) is 2.61. The van der Waals surface area contributed by atoms with E-state index in [0.717, 1.165) is 31.9 Å². The van der Waals surface area contributed by atoms with Crippen LogP contribution in [0.4, 0.5) is 5.95 Å². The lowest BCUT2D eigenvalue weighted by molar-refractivity contribution is 0.0945. The zero-order chi connectivity index (χ0) is 16.1. The van der Waals surface area contributed by atoms with Crippen LogP contribution in [0.25, 0.3) is 0 Å². The van der Waals surface area contributed by atoms with E-state index in [2.05, 4.69) is 25.2 Å². The predicted molar refractivity (Wildman–Crippen MR) is 88.5 cm³/mol. The van der Waals surface area contributed by atoms with Crippen molar-refractivity contribution in [3.05, 3.63) is 47.5 Å². The highest BCUT2D eigenvalue weighted by Gasteiger charge is 2.22. The van der Waals surface area contributed by atoms with Gasteiger partial charge in [0.05, 0.1) is 10.6 Å². The van der Waals surface area contributed by atoms with Crippen LogP contribution in [-0.2, 0) is 0 Å². The number of anilines is 1. The molecule has 0 saturated carbocycles. The number of halogens is 1. The molecule has 0 unspecified atom stereocenters. The summed E-state index contributed by atoms with van der Waals surface area (Å²) >= 11 is 5.86. The Morgan fingerprint density at radius 3 is 2.96 bits per heavy atom. The molecule has 0 aliphatic carbocycles. The van der Waals surface area contributed by atoms with Crippen LogP contribution in [0.5, 0.6) is 0 Å². The van der Waals surface area contributed by atoms with Crippen LogP contribution in [0.3, 0.4) is 0 Å². The summed E-state index contributed by atoms with van der Waals surface area (Å²) in [5.74, 6) is 0.985. The number of amides is 1. The number of rotatable bonds is 4. The van der Waals surface area contributed by atoms with Gasteiger partial charge in [0.25, 0.3) is 5.91 Å². The number of pyridine rings is 1. The monoisotopic (exact) mass is 331 g/mol. The number of piperidine rings is 1. The minimum Gasteiger partial charge on any atom is -0.352 e. The number of aromatic nitrogens is 3. The van der Waals surface area contributed by atoms with Gasteiger partial charge in [-0.1, -0.05) is 11.6 Å². The van der Waals surface area contributed by atoms with Gasteiger partial charge < -0.3 is 10.2 Å². The van der Waals surface area contributed by atoms with Crippen molar-refractivity contribution >= 4 is 23.5 Å². The van der Waals surface area contributed by atoms with Crippen LogP contribution in [0, 0.1) is 5.92 Å². The van der Waals surface area contributed by atoms with E-state index in [1.807, 2.05) is 6.07 Å². The van der Waals surface area contributed by atoms with Crippen molar-refractivity contribution in [2.24, 2.45) is 5.92 Å². The summed E-state index contributed by atoms with van der Waals surface area (Å²) in [6.07, 6.45) is 8.68. The number of nitrogens with zero attached hydrogens (tertiary/aromatic N) is 4. The third kappa shape index (κ3) is 4.16. The highest BCUT2D eigenvalue weighted by Crippen LogP contribution is 2.19. The molecule has 0 bridgehead atoms. The highest BCUT2D eigenvalue weighted by molar-refractivity contribution is 6.30. The minimum absolute atomic E-state index is 0.145. The molecule has 23 heavy (non-hydrogen) atoms. The molecular formula is C16H18ClN5O. The van der Waals surface area contributed by atoms with Gasteiger partial charge in [0.1, 0.15) is 0 Å². The lowest BCUT2D eigenvalue weighted by atomic mass is 9.98. The predicted octanol–water partition coefficient (Wildman–Crippen LogP) is 2.17. The molecule has 7 heteroatoms. The molecule has 120 valence electrons. The first-order valence-corrected chi connectivity index (χ1v) is 8.01. The number of carbonyl (C=O) groups excluding carboxylic acids is 1. The van der Waals surface area contributed by atoms with Crippen molar-refractivity contribution in [2.45, 2.75) is 12.8 Å². The molecule has 1 fully saturated rings. The van der Waals surface area contributed by atoms with Crippen LogP contribution >= 0.6 is 11.6 Å². The van der Waals surface area contributed by atoms with Gasteiger partial charge in [-0.15, -0.1) is 0 Å². The largest absolute Gasteiger partial charge is 0.352 e. The van der Waals surface area contributed by atoms with Gasteiger partial charge in [0, 0.05) is 44.4 Å². The van der Waals surface area contributed by atoms with Gasteiger partial charge in [0.15, 0.2) is 0 Å². The van der Waals surface area contributed by atoms with Crippen LogP contribution in [-0.4, -0.2) is 40.5 Å². The lowest BCUT2D eigenvalue weighted by Crippen LogP contribution is -2.41. The van der Waals surface area contributed by atoms with Crippen molar-refractivity contribution in [3.63, 3.8) is 0 Å². The van der Waals surface area contributed by atoms with E-state index >= 15 is 0 Å². The second-order valence-electron chi connectivity index (χ2n) is 5.60. The number of carbonyl (C=O) groups is 1. The second-order valence-corrected chi connectivity index (χ2v) is 6.04. The molecule has 0 spiro atoms. The first kappa shape index (κ1) is 15.7. The fourth-order valence-corrected chi connectivity index (χ4v) is 2.92. The molecule has 3 heterocycles. The molecule has 1 N–H and O–H groups in total. The molecule has 3 rings (SSSR count). The van der Waals surface area contributed by atoms with E-state index in [0.29, 0.717) is 23.0 Å². The third-order valence-corrected chi connectivity index (χ3v) is 4.08. The summed E-state index contributed by atoms with van der Waals surface area (Å²) in [4.78, 5) is 26.8. The Kier molecular flexibility index (Phi) is 5.02. The number of hydrogen-bond acceptors (Lipinski definition) is 5. The van der Waals surface area contributed by atoms with E-state index < -0.39 is 0 Å². The fraction of sp³-hybridized carbons (Fsp3) is 0.375. The Bertz CT molecular complexity index is 667. The Morgan fingerprint density at radius 1 is 1.35 bits per heavy atom. The second kappa shape index (κ2) is 7.37. The van der Waals surface area contributed by atoms with Gasteiger partial charge in [-0.25, -0.2) is 9.97 Å². The van der Waals surface area contributed by atoms with Gasteiger partial charge in [0.2, 0.25) is 5.95 Å². The third-order valence-electron chi connectivity index (χ3n) is 3.87. The highest BCUT2D eigenvalue weighted by atomic mass is 35.5. The molecule has 6 nitrogen and oxygen atoms in total. The molecule has 2 aromatic heterocycles. The van der Waals surface area contributed by atoms with Crippen LogP contribution in [0.2, 0.25) is 5.02 Å². The van der Waals surface area contributed by atoms with Crippen LogP contribution in [0.1, 0.15) is 23.2 Å². The van der Waals surface area contributed by atoms with Crippen molar-refractivity contribution in [1.82, 2.24) is 20.3 Å². The van der Waals surface area contributed by atoms with Crippen molar-refractivity contribution in [2.75, 3.05) is 24.5 Å². The quantitative estimate of drug-likeness (QED) is 0.929. The maximum atomic E-state index is 12.1. The van der Waals surface area contributed by atoms with Crippen LogP contribution in [0.15, 0.2) is 36.9 Å². The van der Waals surface area contributed by atoms with Crippen molar-refractivity contribution in [1.29, 1.82) is 0 Å². The lowest BCUT2D eigenvalue weighted by Gasteiger charge is -2.32. The van der Waals surface area contributed by atoms with Crippen molar-refractivity contribution in [3.8, 4) is 0 Å². The van der Waals surface area contributed by atoms with Gasteiger partial charge >= 0.3 is 0 Å². The first-order valence-electron chi connectivity index (χ1n) is 7.63. The molecule has 1 aliphatic rings. The standard InChI is InChI=1S/C16H18ClN5O/c17-14-7-13(9-18-10-14)15(23)21-8-12-3-1-6-22(11-12)16-19-4-2-5-20-16/h2,4-5,7,9-10,12H,1,3,6,8,11H2,(H,21,23)/t12-/m0/s1. The van der Waals surface area contributed by atoms with Gasteiger partial charge in [-0.05, 0) is 30.9 Å². The zero-order valence-corrected chi connectivity index (χ0v) is 13.4. The number of hydrogen-bond donors (Lipinski definition) is 1. The zero-order valence-electron chi connectivity index (χ0n) is 12.7. The van der Waals surface area contributed by atoms with E-state index in [-0.39, 0.29) is 5.91 Å². The smallest absolute Gasteiger partial charge is 0.252 e. The summed E-state index contributed by atoms with van der Waals surface area (Å²) in [5.41, 5.74) is 0.483. The van der Waals surface area contributed by atoms with E-state index in [4.69, 9.17) is 11.6 Å².